The maximum absolute atomic E-state index is 13.7. The second-order valence-corrected chi connectivity index (χ2v) is 5.68. The zero-order valence-corrected chi connectivity index (χ0v) is 12.2. The predicted octanol–water partition coefficient (Wildman–Crippen LogP) is 2.50. The predicted molar refractivity (Wildman–Crippen MR) is 73.0 cm³/mol. The third-order valence-electron chi connectivity index (χ3n) is 3.42. The Kier molecular flexibility index (Phi) is 3.36. The van der Waals surface area contributed by atoms with Crippen LogP contribution in [0.1, 0.15) is 17.2 Å². The molecule has 0 unspecified atom stereocenters. The molecule has 0 radical (unpaired) electrons. The second-order valence-electron chi connectivity index (χ2n) is 4.76. The van der Waals surface area contributed by atoms with E-state index in [1.807, 2.05) is 13.0 Å². The Morgan fingerprint density at radius 3 is 3.00 bits per heavy atom. The lowest BCUT2D eigenvalue weighted by atomic mass is 10.2. The smallest absolute Gasteiger partial charge is 0.147 e. The van der Waals surface area contributed by atoms with Crippen LogP contribution in [-0.4, -0.2) is 26.2 Å². The molecule has 19 heavy (non-hydrogen) atoms. The first kappa shape index (κ1) is 12.7. The van der Waals surface area contributed by atoms with E-state index in [1.54, 1.807) is 6.07 Å². The molecule has 0 amide bonds. The first-order valence-electron chi connectivity index (χ1n) is 6.18. The summed E-state index contributed by atoms with van der Waals surface area (Å²) in [6.07, 6.45) is 0. The molecular weight excluding hydrogens is 311 g/mol. The highest BCUT2D eigenvalue weighted by Crippen LogP contribution is 2.20. The SMILES string of the molecule is Cc1nnc2n1CCN(Cc1cc(Br)ccc1F)C2. The number of hydrogen-bond acceptors (Lipinski definition) is 3. The van der Waals surface area contributed by atoms with Gasteiger partial charge in [-0.2, -0.15) is 0 Å². The minimum Gasteiger partial charge on any atom is -0.313 e. The molecule has 100 valence electrons. The normalized spacial score (nSPS) is 15.5. The fourth-order valence-electron chi connectivity index (χ4n) is 2.39. The van der Waals surface area contributed by atoms with Crippen molar-refractivity contribution >= 4 is 15.9 Å². The van der Waals surface area contributed by atoms with Crippen LogP contribution >= 0.6 is 15.9 Å². The average molecular weight is 325 g/mol. The van der Waals surface area contributed by atoms with Gasteiger partial charge in [-0.25, -0.2) is 4.39 Å². The summed E-state index contributed by atoms with van der Waals surface area (Å²) in [6, 6.07) is 5.05. The van der Waals surface area contributed by atoms with E-state index in [9.17, 15) is 4.39 Å². The second kappa shape index (κ2) is 5.02. The van der Waals surface area contributed by atoms with E-state index in [0.29, 0.717) is 18.7 Å². The van der Waals surface area contributed by atoms with Gasteiger partial charge in [0.1, 0.15) is 17.5 Å². The molecule has 1 aliphatic heterocycles. The Hall–Kier alpha value is -1.27. The third-order valence-corrected chi connectivity index (χ3v) is 3.91. The highest BCUT2D eigenvalue weighted by molar-refractivity contribution is 9.10. The minimum absolute atomic E-state index is 0.161. The van der Waals surface area contributed by atoms with E-state index in [0.717, 1.165) is 29.2 Å². The Morgan fingerprint density at radius 2 is 2.16 bits per heavy atom. The van der Waals surface area contributed by atoms with Crippen molar-refractivity contribution in [2.24, 2.45) is 0 Å². The van der Waals surface area contributed by atoms with Crippen molar-refractivity contribution < 1.29 is 4.39 Å². The highest BCUT2D eigenvalue weighted by atomic mass is 79.9. The number of benzene rings is 1. The summed E-state index contributed by atoms with van der Waals surface area (Å²) in [5.74, 6) is 1.74. The van der Waals surface area contributed by atoms with Crippen LogP contribution in [0.2, 0.25) is 0 Å². The number of rotatable bonds is 2. The van der Waals surface area contributed by atoms with Crippen LogP contribution in [0.15, 0.2) is 22.7 Å². The molecular formula is C13H14BrFN4. The van der Waals surface area contributed by atoms with Gasteiger partial charge in [-0.05, 0) is 25.1 Å². The van der Waals surface area contributed by atoms with Crippen LogP contribution in [0, 0.1) is 12.7 Å². The molecule has 0 aliphatic carbocycles. The Morgan fingerprint density at radius 1 is 1.32 bits per heavy atom. The lowest BCUT2D eigenvalue weighted by Crippen LogP contribution is -2.34. The molecule has 4 nitrogen and oxygen atoms in total. The topological polar surface area (TPSA) is 34.0 Å². The monoisotopic (exact) mass is 324 g/mol. The lowest BCUT2D eigenvalue weighted by molar-refractivity contribution is 0.205. The number of halogens is 2. The number of aromatic nitrogens is 3. The van der Waals surface area contributed by atoms with Crippen molar-refractivity contribution in [2.45, 2.75) is 26.6 Å². The standard InChI is InChI=1S/C13H14BrFN4/c1-9-16-17-13-8-18(4-5-19(9)13)7-10-6-11(14)2-3-12(10)15/h2-3,6H,4-5,7-8H2,1H3. The van der Waals surface area contributed by atoms with Crippen molar-refractivity contribution in [2.75, 3.05) is 6.54 Å². The molecule has 0 N–H and O–H groups in total. The molecule has 0 spiro atoms. The zero-order chi connectivity index (χ0) is 13.4. The molecule has 0 fully saturated rings. The summed E-state index contributed by atoms with van der Waals surface area (Å²) in [5, 5.41) is 8.23. The van der Waals surface area contributed by atoms with E-state index in [-0.39, 0.29) is 5.82 Å². The molecule has 3 rings (SSSR count). The fourth-order valence-corrected chi connectivity index (χ4v) is 2.80. The molecule has 0 saturated heterocycles. The molecule has 1 aliphatic rings. The van der Waals surface area contributed by atoms with Gasteiger partial charge < -0.3 is 4.57 Å². The maximum Gasteiger partial charge on any atom is 0.147 e. The quantitative estimate of drug-likeness (QED) is 0.851. The Balaban J connectivity index is 1.77. The van der Waals surface area contributed by atoms with Crippen molar-refractivity contribution in [3.8, 4) is 0 Å². The molecule has 6 heteroatoms. The van der Waals surface area contributed by atoms with Gasteiger partial charge in [0, 0.05) is 29.7 Å². The summed E-state index contributed by atoms with van der Waals surface area (Å²) < 4.78 is 16.8. The molecule has 2 aromatic rings. The summed E-state index contributed by atoms with van der Waals surface area (Å²) in [7, 11) is 0. The van der Waals surface area contributed by atoms with Gasteiger partial charge in [-0.15, -0.1) is 10.2 Å². The molecule has 2 heterocycles. The Bertz CT molecular complexity index is 611. The third kappa shape index (κ3) is 2.55. The van der Waals surface area contributed by atoms with Crippen LogP contribution in [-0.2, 0) is 19.6 Å². The summed E-state index contributed by atoms with van der Waals surface area (Å²) in [6.45, 7) is 5.02. The van der Waals surface area contributed by atoms with Crippen LogP contribution in [0.4, 0.5) is 4.39 Å². The minimum atomic E-state index is -0.161. The summed E-state index contributed by atoms with van der Waals surface area (Å²) >= 11 is 3.38. The van der Waals surface area contributed by atoms with E-state index >= 15 is 0 Å². The number of aryl methyl sites for hydroxylation is 1. The molecule has 0 atom stereocenters. The number of nitrogens with zero attached hydrogens (tertiary/aromatic N) is 4. The fraction of sp³-hybridized carbons (Fsp3) is 0.385. The number of fused-ring (bicyclic) bond motifs is 1. The van der Waals surface area contributed by atoms with Crippen molar-refractivity contribution in [3.63, 3.8) is 0 Å². The van der Waals surface area contributed by atoms with Crippen LogP contribution in [0.25, 0.3) is 0 Å². The number of hydrogen-bond donors (Lipinski definition) is 0. The van der Waals surface area contributed by atoms with Crippen LogP contribution in [0.5, 0.6) is 0 Å². The van der Waals surface area contributed by atoms with Gasteiger partial charge in [0.25, 0.3) is 0 Å². The Labute approximate surface area is 119 Å². The first-order valence-corrected chi connectivity index (χ1v) is 6.98. The van der Waals surface area contributed by atoms with E-state index in [2.05, 4.69) is 35.6 Å². The molecule has 0 saturated carbocycles. The van der Waals surface area contributed by atoms with Crippen LogP contribution in [0.3, 0.4) is 0 Å². The van der Waals surface area contributed by atoms with Gasteiger partial charge in [0.15, 0.2) is 0 Å². The maximum atomic E-state index is 13.7. The van der Waals surface area contributed by atoms with Crippen molar-refractivity contribution in [3.05, 3.63) is 45.7 Å². The van der Waals surface area contributed by atoms with Crippen molar-refractivity contribution in [1.29, 1.82) is 0 Å². The summed E-state index contributed by atoms with van der Waals surface area (Å²) in [5.41, 5.74) is 0.707. The first-order chi connectivity index (χ1) is 9.13. The van der Waals surface area contributed by atoms with Crippen LogP contribution < -0.4 is 0 Å². The van der Waals surface area contributed by atoms with E-state index in [4.69, 9.17) is 0 Å². The molecule has 0 bridgehead atoms. The lowest BCUT2D eigenvalue weighted by Gasteiger charge is -2.27. The van der Waals surface area contributed by atoms with Gasteiger partial charge >= 0.3 is 0 Å². The highest BCUT2D eigenvalue weighted by Gasteiger charge is 2.20. The van der Waals surface area contributed by atoms with Gasteiger partial charge in [-0.3, -0.25) is 4.90 Å². The molecule has 1 aromatic heterocycles. The summed E-state index contributed by atoms with van der Waals surface area (Å²) in [4.78, 5) is 2.19. The average Bonchev–Trinajstić information content (AvgIpc) is 2.75. The molecule has 1 aromatic carbocycles. The van der Waals surface area contributed by atoms with Gasteiger partial charge in [-0.1, -0.05) is 15.9 Å². The zero-order valence-electron chi connectivity index (χ0n) is 10.6. The van der Waals surface area contributed by atoms with E-state index in [1.165, 1.54) is 6.07 Å². The largest absolute Gasteiger partial charge is 0.313 e. The van der Waals surface area contributed by atoms with E-state index < -0.39 is 0 Å². The van der Waals surface area contributed by atoms with Gasteiger partial charge in [0.2, 0.25) is 0 Å². The van der Waals surface area contributed by atoms with Gasteiger partial charge in [0.05, 0.1) is 6.54 Å². The van der Waals surface area contributed by atoms with Crippen molar-refractivity contribution in [1.82, 2.24) is 19.7 Å².